The number of benzene rings is 7. The Labute approximate surface area is 293 Å². The number of anilines is 3. The summed E-state index contributed by atoms with van der Waals surface area (Å²) in [4.78, 5) is 7.29. The fraction of sp³-hybridized carbons (Fsp3) is 0.0652. The Balaban J connectivity index is 1.21. The van der Waals surface area contributed by atoms with Crippen molar-refractivity contribution in [3.05, 3.63) is 162 Å². The number of aromatic nitrogens is 2. The predicted octanol–water partition coefficient (Wildman–Crippen LogP) is 12.9. The minimum Gasteiger partial charge on any atom is -0.310 e. The van der Waals surface area contributed by atoms with E-state index in [4.69, 9.17) is 4.98 Å². The van der Waals surface area contributed by atoms with Gasteiger partial charge in [0.25, 0.3) is 0 Å². The SMILES string of the molecule is CC1(C)c2ccccc2-c2ccc(N(c3ccc4c(c3)c3cc5ncsc5c5c6ccccc6n4c35)c3ccccc3-c3ccccc3)cc21. The number of para-hydroxylation sites is 2. The molecule has 0 saturated carbocycles. The van der Waals surface area contributed by atoms with Crippen LogP contribution in [0, 0.1) is 0 Å². The topological polar surface area (TPSA) is 20.5 Å². The van der Waals surface area contributed by atoms with E-state index in [9.17, 15) is 0 Å². The van der Waals surface area contributed by atoms with Crippen LogP contribution in [-0.2, 0) is 5.41 Å². The first-order valence-corrected chi connectivity index (χ1v) is 18.1. The molecule has 1 aliphatic carbocycles. The molecule has 0 bridgehead atoms. The zero-order valence-corrected chi connectivity index (χ0v) is 28.5. The van der Waals surface area contributed by atoms with Gasteiger partial charge in [0, 0.05) is 43.9 Å². The Morgan fingerprint density at radius 1 is 0.580 bits per heavy atom. The molecule has 7 aromatic carbocycles. The van der Waals surface area contributed by atoms with E-state index in [1.54, 1.807) is 11.3 Å². The van der Waals surface area contributed by atoms with Gasteiger partial charge in [-0.05, 0) is 76.3 Å². The van der Waals surface area contributed by atoms with Crippen LogP contribution in [0.3, 0.4) is 0 Å². The molecule has 0 unspecified atom stereocenters. The normalized spacial score (nSPS) is 13.6. The summed E-state index contributed by atoms with van der Waals surface area (Å²) in [5.74, 6) is 0. The highest BCUT2D eigenvalue weighted by Gasteiger charge is 2.36. The lowest BCUT2D eigenvalue weighted by Gasteiger charge is -2.30. The van der Waals surface area contributed by atoms with E-state index in [2.05, 4.69) is 169 Å². The van der Waals surface area contributed by atoms with Gasteiger partial charge < -0.3 is 9.30 Å². The molecule has 0 fully saturated rings. The van der Waals surface area contributed by atoms with E-state index in [1.807, 2.05) is 5.51 Å². The number of fused-ring (bicyclic) bond motifs is 11. The molecular weight excluding hydrogens is 627 g/mol. The van der Waals surface area contributed by atoms with Gasteiger partial charge in [-0.25, -0.2) is 4.98 Å². The molecule has 0 spiro atoms. The molecule has 0 aliphatic heterocycles. The zero-order valence-electron chi connectivity index (χ0n) is 27.7. The summed E-state index contributed by atoms with van der Waals surface area (Å²) in [5, 5.41) is 5.07. The Hall–Kier alpha value is -5.97. The second-order valence-electron chi connectivity index (χ2n) is 14.0. The third-order valence-corrected chi connectivity index (χ3v) is 11.9. The molecule has 0 amide bonds. The zero-order chi connectivity index (χ0) is 33.1. The summed E-state index contributed by atoms with van der Waals surface area (Å²) in [6.07, 6.45) is 0. The third-order valence-electron chi connectivity index (χ3n) is 11.1. The van der Waals surface area contributed by atoms with Crippen molar-refractivity contribution in [2.75, 3.05) is 4.90 Å². The number of hydrogen-bond donors (Lipinski definition) is 0. The quantitative estimate of drug-likeness (QED) is 0.188. The highest BCUT2D eigenvalue weighted by atomic mass is 32.1. The van der Waals surface area contributed by atoms with Crippen molar-refractivity contribution in [1.82, 2.24) is 9.38 Å². The van der Waals surface area contributed by atoms with Crippen LogP contribution in [0.25, 0.3) is 70.6 Å². The van der Waals surface area contributed by atoms with Crippen LogP contribution in [0.2, 0.25) is 0 Å². The first-order chi connectivity index (χ1) is 24.6. The van der Waals surface area contributed by atoms with Crippen LogP contribution in [-0.4, -0.2) is 9.38 Å². The van der Waals surface area contributed by atoms with Crippen LogP contribution in [0.1, 0.15) is 25.0 Å². The number of nitrogens with zero attached hydrogens (tertiary/aromatic N) is 3. The molecule has 10 aromatic rings. The molecule has 3 aromatic heterocycles. The minimum absolute atomic E-state index is 0.108. The van der Waals surface area contributed by atoms with Crippen LogP contribution in [0.5, 0.6) is 0 Å². The van der Waals surface area contributed by atoms with Crippen LogP contribution >= 0.6 is 11.3 Å². The fourth-order valence-electron chi connectivity index (χ4n) is 8.79. The molecule has 4 heteroatoms. The van der Waals surface area contributed by atoms with Gasteiger partial charge in [-0.15, -0.1) is 11.3 Å². The van der Waals surface area contributed by atoms with E-state index < -0.39 is 0 Å². The van der Waals surface area contributed by atoms with E-state index in [0.29, 0.717) is 0 Å². The maximum absolute atomic E-state index is 4.82. The number of hydrogen-bond acceptors (Lipinski definition) is 3. The molecule has 0 radical (unpaired) electrons. The monoisotopic (exact) mass is 657 g/mol. The Kier molecular flexibility index (Phi) is 5.61. The van der Waals surface area contributed by atoms with Crippen molar-refractivity contribution in [2.24, 2.45) is 0 Å². The molecule has 3 nitrogen and oxygen atoms in total. The predicted molar refractivity (Wildman–Crippen MR) is 212 cm³/mol. The summed E-state index contributed by atoms with van der Waals surface area (Å²) in [5.41, 5.74) is 17.9. The molecule has 50 heavy (non-hydrogen) atoms. The molecule has 0 saturated heterocycles. The van der Waals surface area contributed by atoms with E-state index in [-0.39, 0.29) is 5.41 Å². The van der Waals surface area contributed by atoms with Gasteiger partial charge in [0.05, 0.1) is 38.0 Å². The lowest BCUT2D eigenvalue weighted by Crippen LogP contribution is -2.16. The number of rotatable bonds is 4. The lowest BCUT2D eigenvalue weighted by molar-refractivity contribution is 0.660. The highest BCUT2D eigenvalue weighted by molar-refractivity contribution is 7.18. The first kappa shape index (κ1) is 27.9. The van der Waals surface area contributed by atoms with Gasteiger partial charge in [-0.2, -0.15) is 0 Å². The smallest absolute Gasteiger partial charge is 0.0826 e. The molecule has 1 aliphatic rings. The standard InChI is InChI=1S/C46H31N3S/c1-46(2)37-17-9-6-15-32(37)33-22-20-30(25-38(33)46)48(40-18-10-7-14-31(40)28-12-4-3-5-13-28)29-21-23-42-35(24-29)36-26-39-45(50-27-47-39)43-34-16-8-11-19-41(34)49(42)44(36)43/h3-27H,1-2H3. The second kappa shape index (κ2) is 10.0. The average Bonchev–Trinajstić information content (AvgIpc) is 3.91. The van der Waals surface area contributed by atoms with Crippen molar-refractivity contribution in [3.63, 3.8) is 0 Å². The van der Waals surface area contributed by atoms with E-state index in [0.717, 1.165) is 22.6 Å². The van der Waals surface area contributed by atoms with Crippen molar-refractivity contribution in [2.45, 2.75) is 19.3 Å². The maximum Gasteiger partial charge on any atom is 0.0826 e. The summed E-state index contributed by atoms with van der Waals surface area (Å²) in [7, 11) is 0. The fourth-order valence-corrected chi connectivity index (χ4v) is 9.62. The van der Waals surface area contributed by atoms with Gasteiger partial charge in [-0.1, -0.05) is 111 Å². The first-order valence-electron chi connectivity index (χ1n) is 17.2. The highest BCUT2D eigenvalue weighted by Crippen LogP contribution is 2.52. The largest absolute Gasteiger partial charge is 0.310 e. The van der Waals surface area contributed by atoms with Gasteiger partial charge in [0.15, 0.2) is 0 Å². The molecule has 11 rings (SSSR count). The van der Waals surface area contributed by atoms with Gasteiger partial charge >= 0.3 is 0 Å². The van der Waals surface area contributed by atoms with Crippen molar-refractivity contribution >= 4 is 76.7 Å². The minimum atomic E-state index is -0.108. The average molecular weight is 658 g/mol. The van der Waals surface area contributed by atoms with E-state index >= 15 is 0 Å². The van der Waals surface area contributed by atoms with Crippen LogP contribution in [0.4, 0.5) is 17.1 Å². The van der Waals surface area contributed by atoms with Gasteiger partial charge in [-0.3, -0.25) is 0 Å². The molecule has 0 atom stereocenters. The van der Waals surface area contributed by atoms with Crippen LogP contribution < -0.4 is 4.90 Å². The van der Waals surface area contributed by atoms with Crippen molar-refractivity contribution in [1.29, 1.82) is 0 Å². The molecular formula is C46H31N3S. The summed E-state index contributed by atoms with van der Waals surface area (Å²) in [6.45, 7) is 4.72. The van der Waals surface area contributed by atoms with Gasteiger partial charge in [0.1, 0.15) is 0 Å². The lowest BCUT2D eigenvalue weighted by atomic mass is 9.82. The molecule has 3 heterocycles. The summed E-state index contributed by atoms with van der Waals surface area (Å²) >= 11 is 1.73. The Morgan fingerprint density at radius 2 is 1.28 bits per heavy atom. The Bertz CT molecular complexity index is 2970. The third kappa shape index (κ3) is 3.66. The van der Waals surface area contributed by atoms with Gasteiger partial charge in [0.2, 0.25) is 0 Å². The van der Waals surface area contributed by atoms with Crippen molar-refractivity contribution < 1.29 is 0 Å². The van der Waals surface area contributed by atoms with E-state index in [1.165, 1.54) is 76.2 Å². The summed E-state index contributed by atoms with van der Waals surface area (Å²) in [6, 6.07) is 53.7. The van der Waals surface area contributed by atoms with Crippen molar-refractivity contribution in [3.8, 4) is 22.3 Å². The maximum atomic E-state index is 4.82. The molecule has 236 valence electrons. The van der Waals surface area contributed by atoms with Crippen LogP contribution in [0.15, 0.2) is 151 Å². The summed E-state index contributed by atoms with van der Waals surface area (Å²) < 4.78 is 3.72. The number of thiazole rings is 1. The molecule has 0 N–H and O–H groups in total. The Morgan fingerprint density at radius 3 is 2.18 bits per heavy atom. The second-order valence-corrected chi connectivity index (χ2v) is 14.9.